The van der Waals surface area contributed by atoms with Gasteiger partial charge in [-0.3, -0.25) is 13.9 Å². The highest BCUT2D eigenvalue weighted by molar-refractivity contribution is 6.29. The van der Waals surface area contributed by atoms with E-state index in [4.69, 9.17) is 16.9 Å². The molecule has 2 aromatic rings. The van der Waals surface area contributed by atoms with Crippen molar-refractivity contribution < 1.29 is 0 Å². The van der Waals surface area contributed by atoms with Crippen molar-refractivity contribution in [2.45, 2.75) is 13.0 Å². The van der Waals surface area contributed by atoms with Crippen LogP contribution in [0.25, 0.3) is 11.2 Å². The molecule has 0 fully saturated rings. The number of halogens is 1. The van der Waals surface area contributed by atoms with Gasteiger partial charge < -0.3 is 4.57 Å². The fraction of sp³-hybridized carbons (Fsp3) is 0.400. The van der Waals surface area contributed by atoms with Gasteiger partial charge in [-0.05, 0) is 11.6 Å². The summed E-state index contributed by atoms with van der Waals surface area (Å²) in [7, 11) is 2.90. The lowest BCUT2D eigenvalue weighted by atomic mass is 10.4. The van der Waals surface area contributed by atoms with E-state index in [1.54, 1.807) is 0 Å². The van der Waals surface area contributed by atoms with Gasteiger partial charge in [0, 0.05) is 20.6 Å². The molecule has 8 heteroatoms. The minimum atomic E-state index is -0.467. The van der Waals surface area contributed by atoms with E-state index in [9.17, 15) is 9.59 Å². The van der Waals surface area contributed by atoms with Crippen LogP contribution >= 0.6 is 11.6 Å². The van der Waals surface area contributed by atoms with E-state index in [0.717, 1.165) is 4.57 Å². The first kappa shape index (κ1) is 12.4. The molecule has 18 heavy (non-hydrogen) atoms. The smallest absolute Gasteiger partial charge is 0.308 e. The van der Waals surface area contributed by atoms with Gasteiger partial charge in [0.05, 0.1) is 12.5 Å². The predicted octanol–water partition coefficient (Wildman–Crippen LogP) is 0.000780. The minimum absolute atomic E-state index is 0.0959. The molecule has 2 heterocycles. The van der Waals surface area contributed by atoms with Crippen molar-refractivity contribution in [2.75, 3.05) is 0 Å². The summed E-state index contributed by atoms with van der Waals surface area (Å²) < 4.78 is 3.69. The third kappa shape index (κ3) is 1.62. The first-order valence-corrected chi connectivity index (χ1v) is 5.55. The first-order valence-electron chi connectivity index (χ1n) is 5.17. The van der Waals surface area contributed by atoms with Crippen molar-refractivity contribution in [3.8, 4) is 6.07 Å². The Labute approximate surface area is 106 Å². The number of nitrogens with zero attached hydrogens (tertiary/aromatic N) is 5. The zero-order valence-electron chi connectivity index (χ0n) is 9.84. The van der Waals surface area contributed by atoms with Crippen molar-refractivity contribution in [2.24, 2.45) is 14.1 Å². The molecule has 0 aliphatic rings. The van der Waals surface area contributed by atoms with Crippen LogP contribution in [0, 0.1) is 11.3 Å². The summed E-state index contributed by atoms with van der Waals surface area (Å²) in [5.41, 5.74) is -0.467. The van der Waals surface area contributed by atoms with Crippen molar-refractivity contribution in [3.63, 3.8) is 0 Å². The number of aryl methyl sites for hydroxylation is 2. The maximum atomic E-state index is 12.0. The van der Waals surface area contributed by atoms with E-state index >= 15 is 0 Å². The largest absolute Gasteiger partial charge is 0.332 e. The Morgan fingerprint density at radius 3 is 2.61 bits per heavy atom. The van der Waals surface area contributed by atoms with Crippen LogP contribution in [0.5, 0.6) is 0 Å². The average molecular weight is 268 g/mol. The normalized spacial score (nSPS) is 10.8. The number of fused-ring (bicyclic) bond motifs is 1. The molecule has 0 amide bonds. The van der Waals surface area contributed by atoms with Crippen LogP contribution in [-0.2, 0) is 20.6 Å². The van der Waals surface area contributed by atoms with Gasteiger partial charge in [-0.1, -0.05) is 0 Å². The van der Waals surface area contributed by atoms with E-state index in [2.05, 4.69) is 4.98 Å². The summed E-state index contributed by atoms with van der Waals surface area (Å²) in [6, 6.07) is 1.97. The predicted molar refractivity (Wildman–Crippen MR) is 65.5 cm³/mol. The van der Waals surface area contributed by atoms with Gasteiger partial charge in [0.15, 0.2) is 11.2 Å². The molecule has 0 spiro atoms. The van der Waals surface area contributed by atoms with Crippen LogP contribution in [0.1, 0.15) is 6.42 Å². The molecule has 0 bridgehead atoms. The van der Waals surface area contributed by atoms with Crippen LogP contribution in [0.3, 0.4) is 0 Å². The van der Waals surface area contributed by atoms with Crippen molar-refractivity contribution >= 4 is 22.8 Å². The standard InChI is InChI=1S/C10H10ClN5O2/c1-14-7-6(8(17)15(2)10(14)18)16(5-3-4-12)9(11)13-7/h3,5H2,1-2H3. The van der Waals surface area contributed by atoms with Gasteiger partial charge in [-0.15, -0.1) is 0 Å². The molecule has 0 aliphatic carbocycles. The zero-order chi connectivity index (χ0) is 13.4. The van der Waals surface area contributed by atoms with Crippen LogP contribution in [0.2, 0.25) is 5.28 Å². The summed E-state index contributed by atoms with van der Waals surface area (Å²) in [5, 5.41) is 8.68. The van der Waals surface area contributed by atoms with Gasteiger partial charge in [0.2, 0.25) is 5.28 Å². The van der Waals surface area contributed by atoms with Crippen molar-refractivity contribution in [3.05, 3.63) is 26.1 Å². The number of aromatic nitrogens is 4. The fourth-order valence-electron chi connectivity index (χ4n) is 1.79. The molecule has 2 rings (SSSR count). The van der Waals surface area contributed by atoms with E-state index in [-0.39, 0.29) is 29.4 Å². The average Bonchev–Trinajstić information content (AvgIpc) is 2.68. The molecule has 0 saturated heterocycles. The molecule has 94 valence electrons. The van der Waals surface area contributed by atoms with E-state index in [1.807, 2.05) is 6.07 Å². The van der Waals surface area contributed by atoms with Crippen LogP contribution < -0.4 is 11.2 Å². The molecular weight excluding hydrogens is 258 g/mol. The molecule has 0 radical (unpaired) electrons. The summed E-state index contributed by atoms with van der Waals surface area (Å²) in [6.45, 7) is 0.263. The van der Waals surface area contributed by atoms with E-state index in [0.29, 0.717) is 0 Å². The number of nitriles is 1. The van der Waals surface area contributed by atoms with Crippen LogP contribution in [0.15, 0.2) is 9.59 Å². The van der Waals surface area contributed by atoms with Gasteiger partial charge in [-0.2, -0.15) is 10.2 Å². The second-order valence-corrected chi connectivity index (χ2v) is 4.16. The summed E-state index contributed by atoms with van der Waals surface area (Å²) in [6.07, 6.45) is 0.206. The summed E-state index contributed by atoms with van der Waals surface area (Å²) in [5.74, 6) is 0. The second-order valence-electron chi connectivity index (χ2n) is 3.82. The SMILES string of the molecule is Cn1c(=O)c2c(nc(Cl)n2CCC#N)n(C)c1=O. The molecule has 2 aromatic heterocycles. The third-order valence-corrected chi connectivity index (χ3v) is 3.04. The highest BCUT2D eigenvalue weighted by Crippen LogP contribution is 2.15. The molecule has 0 unspecified atom stereocenters. The Hall–Kier alpha value is -2.07. The topological polar surface area (TPSA) is 85.6 Å². The van der Waals surface area contributed by atoms with Crippen molar-refractivity contribution in [1.29, 1.82) is 5.26 Å². The fourth-order valence-corrected chi connectivity index (χ4v) is 2.03. The van der Waals surface area contributed by atoms with Crippen LogP contribution in [0.4, 0.5) is 0 Å². The molecule has 7 nitrogen and oxygen atoms in total. The number of hydrogen-bond donors (Lipinski definition) is 0. The monoisotopic (exact) mass is 267 g/mol. The van der Waals surface area contributed by atoms with Crippen LogP contribution in [-0.4, -0.2) is 18.7 Å². The summed E-state index contributed by atoms with van der Waals surface area (Å²) in [4.78, 5) is 27.8. The second kappa shape index (κ2) is 4.31. The molecule has 0 atom stereocenters. The molecule has 0 saturated carbocycles. The molecular formula is C10H10ClN5O2. The third-order valence-electron chi connectivity index (χ3n) is 2.75. The minimum Gasteiger partial charge on any atom is -0.308 e. The Bertz CT molecular complexity index is 777. The van der Waals surface area contributed by atoms with Gasteiger partial charge in [-0.25, -0.2) is 4.79 Å². The maximum absolute atomic E-state index is 12.0. The Kier molecular flexibility index (Phi) is 2.97. The summed E-state index contributed by atoms with van der Waals surface area (Å²) >= 11 is 5.93. The highest BCUT2D eigenvalue weighted by atomic mass is 35.5. The highest BCUT2D eigenvalue weighted by Gasteiger charge is 2.17. The lowest BCUT2D eigenvalue weighted by molar-refractivity contribution is 0.692. The lowest BCUT2D eigenvalue weighted by Gasteiger charge is -2.05. The lowest BCUT2D eigenvalue weighted by Crippen LogP contribution is -2.37. The number of imidazole rings is 1. The molecule has 0 aliphatic heterocycles. The molecule has 0 aromatic carbocycles. The Morgan fingerprint density at radius 2 is 2.00 bits per heavy atom. The maximum Gasteiger partial charge on any atom is 0.332 e. The first-order chi connectivity index (χ1) is 8.49. The Morgan fingerprint density at radius 1 is 1.33 bits per heavy atom. The van der Waals surface area contributed by atoms with E-state index in [1.165, 1.54) is 23.2 Å². The quantitative estimate of drug-likeness (QED) is 0.717. The zero-order valence-corrected chi connectivity index (χ0v) is 10.6. The van der Waals surface area contributed by atoms with E-state index < -0.39 is 11.2 Å². The van der Waals surface area contributed by atoms with Gasteiger partial charge >= 0.3 is 5.69 Å². The van der Waals surface area contributed by atoms with Gasteiger partial charge in [0.1, 0.15) is 0 Å². The van der Waals surface area contributed by atoms with Gasteiger partial charge in [0.25, 0.3) is 5.56 Å². The van der Waals surface area contributed by atoms with Crippen molar-refractivity contribution in [1.82, 2.24) is 18.7 Å². The number of hydrogen-bond acceptors (Lipinski definition) is 4. The Balaban J connectivity index is 2.91. The number of rotatable bonds is 2. The molecule has 0 N–H and O–H groups in total.